The van der Waals surface area contributed by atoms with Gasteiger partial charge >= 0.3 is 5.97 Å². The molecule has 0 radical (unpaired) electrons. The predicted molar refractivity (Wildman–Crippen MR) is 121 cm³/mol. The standard InChI is InChI=1S/C23H25F2N3O3.CH4/c1-5-31-19(30)12-14-6-11-17-21(20(14)25)28(16-9-7-15(24)8-10-16)22(26-17)27-18(29)13-23(2,3)4;/h6-11H,5,12-13H2,1-4H3,(H,26,27,29);1H4. The lowest BCUT2D eigenvalue weighted by molar-refractivity contribution is -0.142. The Labute approximate surface area is 186 Å². The zero-order valence-corrected chi connectivity index (χ0v) is 18.0. The number of carbonyl (C=O) groups is 2. The van der Waals surface area contributed by atoms with Crippen molar-refractivity contribution in [3.63, 3.8) is 0 Å². The van der Waals surface area contributed by atoms with Crippen LogP contribution in [-0.2, 0) is 20.7 Å². The molecule has 3 aromatic rings. The van der Waals surface area contributed by atoms with E-state index in [1.54, 1.807) is 13.0 Å². The molecular formula is C24H29F2N3O3. The van der Waals surface area contributed by atoms with Crippen LogP contribution in [0.15, 0.2) is 36.4 Å². The number of fused-ring (bicyclic) bond motifs is 1. The summed E-state index contributed by atoms with van der Waals surface area (Å²) in [6.07, 6.45) is -0.00780. The first-order valence-corrected chi connectivity index (χ1v) is 10.0. The van der Waals surface area contributed by atoms with Gasteiger partial charge < -0.3 is 4.74 Å². The molecule has 1 heterocycles. The number of rotatable bonds is 6. The minimum atomic E-state index is -0.654. The Hall–Kier alpha value is -3.29. The molecule has 1 N–H and O–H groups in total. The summed E-state index contributed by atoms with van der Waals surface area (Å²) in [6, 6.07) is 8.45. The molecule has 172 valence electrons. The number of ether oxygens (including phenoxy) is 1. The molecule has 0 fully saturated rings. The number of imidazole rings is 1. The minimum absolute atomic E-state index is 0. The highest BCUT2D eigenvalue weighted by Gasteiger charge is 2.23. The van der Waals surface area contributed by atoms with Crippen LogP contribution in [-0.4, -0.2) is 28.0 Å². The molecule has 0 atom stereocenters. The van der Waals surface area contributed by atoms with Crippen LogP contribution in [0, 0.1) is 17.0 Å². The maximum atomic E-state index is 15.5. The summed E-state index contributed by atoms with van der Waals surface area (Å²) in [7, 11) is 0. The van der Waals surface area contributed by atoms with Gasteiger partial charge in [0.05, 0.1) is 18.5 Å². The molecule has 32 heavy (non-hydrogen) atoms. The fourth-order valence-electron chi connectivity index (χ4n) is 3.25. The lowest BCUT2D eigenvalue weighted by atomic mass is 9.92. The maximum absolute atomic E-state index is 15.5. The van der Waals surface area contributed by atoms with Crippen molar-refractivity contribution < 1.29 is 23.1 Å². The summed E-state index contributed by atoms with van der Waals surface area (Å²) in [4.78, 5) is 28.8. The molecule has 0 aliphatic rings. The van der Waals surface area contributed by atoms with Crippen molar-refractivity contribution in [1.82, 2.24) is 9.55 Å². The lowest BCUT2D eigenvalue weighted by Crippen LogP contribution is -2.21. The smallest absolute Gasteiger partial charge is 0.310 e. The average Bonchev–Trinajstić information content (AvgIpc) is 3.02. The molecule has 1 amide bonds. The van der Waals surface area contributed by atoms with Crippen molar-refractivity contribution in [2.45, 2.75) is 48.0 Å². The largest absolute Gasteiger partial charge is 0.466 e. The average molecular weight is 446 g/mol. The van der Waals surface area contributed by atoms with E-state index >= 15 is 4.39 Å². The summed E-state index contributed by atoms with van der Waals surface area (Å²) in [5.74, 6) is -1.82. The van der Waals surface area contributed by atoms with Gasteiger partial charge in [-0.1, -0.05) is 34.3 Å². The molecule has 0 spiro atoms. The van der Waals surface area contributed by atoms with E-state index in [-0.39, 0.29) is 55.2 Å². The van der Waals surface area contributed by atoms with Gasteiger partial charge in [0.2, 0.25) is 11.9 Å². The molecular weight excluding hydrogens is 416 g/mol. The second-order valence-corrected chi connectivity index (χ2v) is 8.42. The predicted octanol–water partition coefficient (Wildman–Crippen LogP) is 5.42. The van der Waals surface area contributed by atoms with Gasteiger partial charge in [-0.05, 0) is 42.7 Å². The molecule has 8 heteroatoms. The number of hydrogen-bond acceptors (Lipinski definition) is 4. The summed E-state index contributed by atoms with van der Waals surface area (Å²) < 4.78 is 35.3. The Balaban J connectivity index is 0.00000363. The SMILES string of the molecule is C.CCOC(=O)Cc1ccc2nc(NC(=O)CC(C)(C)C)n(-c3ccc(F)cc3)c2c1F. The van der Waals surface area contributed by atoms with Crippen molar-refractivity contribution in [3.8, 4) is 5.69 Å². The highest BCUT2D eigenvalue weighted by atomic mass is 19.1. The van der Waals surface area contributed by atoms with E-state index in [1.807, 2.05) is 20.8 Å². The monoisotopic (exact) mass is 445 g/mol. The quantitative estimate of drug-likeness (QED) is 0.514. The van der Waals surface area contributed by atoms with E-state index in [1.165, 1.54) is 34.9 Å². The third-order valence-electron chi connectivity index (χ3n) is 4.50. The highest BCUT2D eigenvalue weighted by Crippen LogP contribution is 2.30. The fourth-order valence-corrected chi connectivity index (χ4v) is 3.25. The fraction of sp³-hybridized carbons (Fsp3) is 0.375. The van der Waals surface area contributed by atoms with Crippen molar-refractivity contribution in [2.24, 2.45) is 5.41 Å². The molecule has 0 saturated heterocycles. The normalized spacial score (nSPS) is 11.2. The summed E-state index contributed by atoms with van der Waals surface area (Å²) in [6.45, 7) is 7.65. The molecule has 3 rings (SSSR count). The molecule has 1 aromatic heterocycles. The van der Waals surface area contributed by atoms with Crippen LogP contribution in [0.1, 0.15) is 47.1 Å². The van der Waals surface area contributed by atoms with E-state index in [2.05, 4.69) is 10.3 Å². The van der Waals surface area contributed by atoms with Crippen molar-refractivity contribution >= 4 is 28.9 Å². The van der Waals surface area contributed by atoms with E-state index in [0.29, 0.717) is 11.2 Å². The number of nitrogens with one attached hydrogen (secondary N) is 1. The van der Waals surface area contributed by atoms with Crippen molar-refractivity contribution in [1.29, 1.82) is 0 Å². The van der Waals surface area contributed by atoms with Crippen LogP contribution >= 0.6 is 0 Å². The van der Waals surface area contributed by atoms with Crippen LogP contribution in [0.25, 0.3) is 16.7 Å². The van der Waals surface area contributed by atoms with Crippen LogP contribution in [0.5, 0.6) is 0 Å². The second-order valence-electron chi connectivity index (χ2n) is 8.42. The second kappa shape index (κ2) is 9.89. The Kier molecular flexibility index (Phi) is 7.72. The third-order valence-corrected chi connectivity index (χ3v) is 4.50. The van der Waals surface area contributed by atoms with Crippen LogP contribution in [0.4, 0.5) is 14.7 Å². The van der Waals surface area contributed by atoms with Gasteiger partial charge in [-0.3, -0.25) is 19.5 Å². The van der Waals surface area contributed by atoms with E-state index in [4.69, 9.17) is 4.74 Å². The molecule has 0 saturated carbocycles. The number of hydrogen-bond donors (Lipinski definition) is 1. The van der Waals surface area contributed by atoms with Crippen LogP contribution in [0.2, 0.25) is 0 Å². The van der Waals surface area contributed by atoms with Gasteiger partial charge in [0, 0.05) is 17.7 Å². The zero-order chi connectivity index (χ0) is 22.8. The van der Waals surface area contributed by atoms with Gasteiger partial charge in [-0.2, -0.15) is 0 Å². The van der Waals surface area contributed by atoms with Gasteiger partial charge in [-0.15, -0.1) is 0 Å². The number of esters is 1. The Morgan fingerprint density at radius 3 is 2.34 bits per heavy atom. The maximum Gasteiger partial charge on any atom is 0.310 e. The van der Waals surface area contributed by atoms with E-state index in [0.717, 1.165) is 0 Å². The van der Waals surface area contributed by atoms with Gasteiger partial charge in [0.15, 0.2) is 5.82 Å². The molecule has 6 nitrogen and oxygen atoms in total. The van der Waals surface area contributed by atoms with E-state index in [9.17, 15) is 14.0 Å². The third kappa shape index (κ3) is 5.69. The molecule has 2 aromatic carbocycles. The first-order valence-electron chi connectivity index (χ1n) is 10.0. The summed E-state index contributed by atoms with van der Waals surface area (Å²) in [5, 5.41) is 2.74. The molecule has 0 aliphatic heterocycles. The topological polar surface area (TPSA) is 73.2 Å². The number of nitrogens with zero attached hydrogens (tertiary/aromatic N) is 2. The van der Waals surface area contributed by atoms with Gasteiger partial charge in [0.25, 0.3) is 0 Å². The Bertz CT molecular complexity index is 1120. The summed E-state index contributed by atoms with van der Waals surface area (Å²) >= 11 is 0. The van der Waals surface area contributed by atoms with Gasteiger partial charge in [0.1, 0.15) is 11.3 Å². The van der Waals surface area contributed by atoms with Crippen LogP contribution < -0.4 is 5.32 Å². The van der Waals surface area contributed by atoms with Crippen molar-refractivity contribution in [2.75, 3.05) is 11.9 Å². The number of halogens is 2. The zero-order valence-electron chi connectivity index (χ0n) is 18.0. The number of amides is 1. The minimum Gasteiger partial charge on any atom is -0.466 e. The first kappa shape index (κ1) is 25.0. The Morgan fingerprint density at radius 1 is 1.09 bits per heavy atom. The first-order chi connectivity index (χ1) is 14.6. The summed E-state index contributed by atoms with van der Waals surface area (Å²) in [5.41, 5.74) is 0.679. The van der Waals surface area contributed by atoms with Gasteiger partial charge in [-0.25, -0.2) is 13.8 Å². The highest BCUT2D eigenvalue weighted by molar-refractivity contribution is 5.93. The van der Waals surface area contributed by atoms with Crippen molar-refractivity contribution in [3.05, 3.63) is 53.6 Å². The number of carbonyl (C=O) groups excluding carboxylic acids is 2. The van der Waals surface area contributed by atoms with E-state index < -0.39 is 17.6 Å². The molecule has 0 aliphatic carbocycles. The molecule has 0 unspecified atom stereocenters. The molecule has 0 bridgehead atoms. The number of aromatic nitrogens is 2. The number of anilines is 1. The number of benzene rings is 2. The Morgan fingerprint density at radius 2 is 1.75 bits per heavy atom. The van der Waals surface area contributed by atoms with Crippen LogP contribution in [0.3, 0.4) is 0 Å². The lowest BCUT2D eigenvalue weighted by Gasteiger charge is -2.17.